The smallest absolute Gasteiger partial charge is 0.238 e. The second-order valence-corrected chi connectivity index (χ2v) is 4.10. The van der Waals surface area contributed by atoms with Crippen molar-refractivity contribution in [2.24, 2.45) is 0 Å². The average Bonchev–Trinajstić information content (AvgIpc) is 2.91. The van der Waals surface area contributed by atoms with Crippen LogP contribution in [0.2, 0.25) is 0 Å². The maximum Gasteiger partial charge on any atom is 0.238 e. The van der Waals surface area contributed by atoms with Gasteiger partial charge in [-0.15, -0.1) is 0 Å². The van der Waals surface area contributed by atoms with E-state index in [1.165, 1.54) is 32.1 Å². The molecule has 3 aliphatic rings. The van der Waals surface area contributed by atoms with Gasteiger partial charge in [0.2, 0.25) is 12.1 Å². The third-order valence-corrected chi connectivity index (χ3v) is 3.10. The van der Waals surface area contributed by atoms with Gasteiger partial charge in [-0.3, -0.25) is 0 Å². The summed E-state index contributed by atoms with van der Waals surface area (Å²) in [5.41, 5.74) is 0. The van der Waals surface area contributed by atoms with Crippen LogP contribution in [0, 0.1) is 0 Å². The number of nitrogens with one attached hydrogen (secondary N) is 1. The Morgan fingerprint density at radius 2 is 1.83 bits per heavy atom. The molecule has 3 fully saturated rings. The predicted octanol–water partition coefficient (Wildman–Crippen LogP) is 0.992. The molecule has 3 rings (SSSR count). The van der Waals surface area contributed by atoms with Crippen LogP contribution in [-0.4, -0.2) is 24.7 Å². The lowest BCUT2D eigenvalue weighted by Gasteiger charge is -2.22. The molecule has 0 amide bonds. The minimum atomic E-state index is -0.141. The summed E-state index contributed by atoms with van der Waals surface area (Å²) < 4.78 is 10.4. The number of rotatable bonds is 3. The maximum atomic E-state index is 5.20. The monoisotopic (exact) mass is 169 g/mol. The summed E-state index contributed by atoms with van der Waals surface area (Å²) >= 11 is 0. The molecule has 0 spiro atoms. The molecule has 0 aromatic rings. The number of epoxide rings is 2. The van der Waals surface area contributed by atoms with Crippen molar-refractivity contribution in [1.82, 2.24) is 5.32 Å². The predicted molar refractivity (Wildman–Crippen MR) is 43.6 cm³/mol. The van der Waals surface area contributed by atoms with Crippen molar-refractivity contribution < 1.29 is 9.47 Å². The van der Waals surface area contributed by atoms with Gasteiger partial charge in [-0.2, -0.15) is 0 Å². The minimum Gasteiger partial charge on any atom is -0.309 e. The van der Waals surface area contributed by atoms with E-state index in [9.17, 15) is 0 Å². The zero-order valence-corrected chi connectivity index (χ0v) is 7.21. The molecule has 2 heterocycles. The van der Waals surface area contributed by atoms with Crippen LogP contribution in [0.5, 0.6) is 0 Å². The van der Waals surface area contributed by atoms with E-state index in [1.54, 1.807) is 0 Å². The van der Waals surface area contributed by atoms with Gasteiger partial charge in [-0.05, 0) is 12.8 Å². The fourth-order valence-electron chi connectivity index (χ4n) is 2.06. The summed E-state index contributed by atoms with van der Waals surface area (Å²) in [4.78, 5) is 0. The lowest BCUT2D eigenvalue weighted by molar-refractivity contribution is -0.0499. The molecule has 0 aromatic heterocycles. The van der Waals surface area contributed by atoms with Crippen LogP contribution >= 0.6 is 0 Å². The standard InChI is InChI=1S/C9H15NO2/c1-2-4-7(5-3-1)10-6-9-8(11-9)12-9/h7-8,10H,1-6H2. The number of hydrogen-bond donors (Lipinski definition) is 1. The normalized spacial score (nSPS) is 45.5. The number of ether oxygens (including phenoxy) is 2. The molecular formula is C9H15NO2. The van der Waals surface area contributed by atoms with Crippen LogP contribution in [0.4, 0.5) is 0 Å². The first-order valence-corrected chi connectivity index (χ1v) is 4.98. The molecular weight excluding hydrogens is 154 g/mol. The summed E-state index contributed by atoms with van der Waals surface area (Å²) in [6.45, 7) is 0.905. The molecule has 12 heavy (non-hydrogen) atoms. The van der Waals surface area contributed by atoms with Crippen LogP contribution in [0.15, 0.2) is 0 Å². The Bertz CT molecular complexity index is 183. The molecule has 2 saturated heterocycles. The van der Waals surface area contributed by atoms with E-state index in [4.69, 9.17) is 9.47 Å². The number of fused-ring (bicyclic) bond motifs is 1. The largest absolute Gasteiger partial charge is 0.309 e. The lowest BCUT2D eigenvalue weighted by atomic mass is 9.95. The molecule has 0 atom stereocenters. The first-order valence-electron chi connectivity index (χ1n) is 4.98. The minimum absolute atomic E-state index is 0.141. The maximum absolute atomic E-state index is 5.20. The van der Waals surface area contributed by atoms with E-state index in [0.717, 1.165) is 12.6 Å². The van der Waals surface area contributed by atoms with Crippen LogP contribution in [0.3, 0.4) is 0 Å². The van der Waals surface area contributed by atoms with Crippen LogP contribution in [0.1, 0.15) is 32.1 Å². The highest BCUT2D eigenvalue weighted by Crippen LogP contribution is 2.55. The fraction of sp³-hybridized carbons (Fsp3) is 1.00. The highest BCUT2D eigenvalue weighted by molar-refractivity contribution is 5.05. The molecule has 0 bridgehead atoms. The van der Waals surface area contributed by atoms with Crippen molar-refractivity contribution in [3.63, 3.8) is 0 Å². The van der Waals surface area contributed by atoms with Gasteiger partial charge in [0.1, 0.15) is 0 Å². The van der Waals surface area contributed by atoms with E-state index in [2.05, 4.69) is 5.32 Å². The SMILES string of the molecule is C1CCC(NCC23OC2O3)CC1. The van der Waals surface area contributed by atoms with Gasteiger partial charge in [0, 0.05) is 6.04 Å². The van der Waals surface area contributed by atoms with Gasteiger partial charge in [0.15, 0.2) is 0 Å². The quantitative estimate of drug-likeness (QED) is 0.640. The Hall–Kier alpha value is -0.120. The topological polar surface area (TPSA) is 37.1 Å². The molecule has 3 nitrogen and oxygen atoms in total. The van der Waals surface area contributed by atoms with E-state index in [1.807, 2.05) is 0 Å². The van der Waals surface area contributed by atoms with Gasteiger partial charge in [0.25, 0.3) is 0 Å². The molecule has 0 radical (unpaired) electrons. The van der Waals surface area contributed by atoms with Crippen molar-refractivity contribution in [1.29, 1.82) is 0 Å². The van der Waals surface area contributed by atoms with Crippen molar-refractivity contribution >= 4 is 0 Å². The molecule has 0 unspecified atom stereocenters. The molecule has 3 heteroatoms. The zero-order chi connectivity index (χ0) is 8.02. The lowest BCUT2D eigenvalue weighted by Crippen LogP contribution is -2.35. The van der Waals surface area contributed by atoms with E-state index >= 15 is 0 Å². The van der Waals surface area contributed by atoms with Crippen LogP contribution in [0.25, 0.3) is 0 Å². The molecule has 1 N–H and O–H groups in total. The first kappa shape index (κ1) is 7.30. The molecule has 1 saturated carbocycles. The summed E-state index contributed by atoms with van der Waals surface area (Å²) in [7, 11) is 0. The van der Waals surface area contributed by atoms with Gasteiger partial charge < -0.3 is 14.8 Å². The van der Waals surface area contributed by atoms with Crippen molar-refractivity contribution in [3.05, 3.63) is 0 Å². The second-order valence-electron chi connectivity index (χ2n) is 4.10. The molecule has 0 aromatic carbocycles. The summed E-state index contributed by atoms with van der Waals surface area (Å²) in [6, 6.07) is 0.724. The molecule has 68 valence electrons. The Balaban J connectivity index is 1.42. The van der Waals surface area contributed by atoms with Crippen molar-refractivity contribution in [2.45, 2.75) is 50.2 Å². The summed E-state index contributed by atoms with van der Waals surface area (Å²) in [5, 5.41) is 3.52. The zero-order valence-electron chi connectivity index (χ0n) is 7.21. The van der Waals surface area contributed by atoms with Crippen molar-refractivity contribution in [2.75, 3.05) is 6.54 Å². The highest BCUT2D eigenvalue weighted by atomic mass is 17.0. The Morgan fingerprint density at radius 3 is 2.42 bits per heavy atom. The van der Waals surface area contributed by atoms with Gasteiger partial charge in [-0.25, -0.2) is 0 Å². The average molecular weight is 169 g/mol. The third-order valence-electron chi connectivity index (χ3n) is 3.10. The van der Waals surface area contributed by atoms with Crippen LogP contribution < -0.4 is 5.32 Å². The Labute approximate surface area is 72.4 Å². The van der Waals surface area contributed by atoms with E-state index < -0.39 is 0 Å². The summed E-state index contributed by atoms with van der Waals surface area (Å²) in [5.74, 6) is -0.141. The van der Waals surface area contributed by atoms with Gasteiger partial charge >= 0.3 is 0 Å². The van der Waals surface area contributed by atoms with Gasteiger partial charge in [-0.1, -0.05) is 19.3 Å². The molecule has 1 aliphatic carbocycles. The van der Waals surface area contributed by atoms with E-state index in [0.29, 0.717) is 0 Å². The summed E-state index contributed by atoms with van der Waals surface area (Å²) in [6.07, 6.45) is 7.01. The van der Waals surface area contributed by atoms with Crippen molar-refractivity contribution in [3.8, 4) is 0 Å². The molecule has 2 aliphatic heterocycles. The van der Waals surface area contributed by atoms with Gasteiger partial charge in [0.05, 0.1) is 6.54 Å². The number of hydrogen-bond acceptors (Lipinski definition) is 3. The fourth-order valence-corrected chi connectivity index (χ4v) is 2.06. The third kappa shape index (κ3) is 1.16. The Kier molecular flexibility index (Phi) is 1.48. The second kappa shape index (κ2) is 2.44. The van der Waals surface area contributed by atoms with Crippen LogP contribution in [-0.2, 0) is 9.47 Å². The first-order chi connectivity index (χ1) is 5.89. The Morgan fingerprint density at radius 1 is 1.17 bits per heavy atom. The van der Waals surface area contributed by atoms with E-state index in [-0.39, 0.29) is 12.1 Å². The highest BCUT2D eigenvalue weighted by Gasteiger charge is 2.76.